The Kier molecular flexibility index (Phi) is 6.07. The number of fused-ring (bicyclic) bond motifs is 3. The first-order valence-electron chi connectivity index (χ1n) is 10.6. The highest BCUT2D eigenvalue weighted by Gasteiger charge is 2.16. The molecule has 1 amide bonds. The normalized spacial score (nSPS) is 11.1. The van der Waals surface area contributed by atoms with Gasteiger partial charge in [-0.15, -0.1) is 0 Å². The molecule has 176 valence electrons. The molecule has 0 saturated heterocycles. The summed E-state index contributed by atoms with van der Waals surface area (Å²) < 4.78 is 17.4. The van der Waals surface area contributed by atoms with E-state index in [-0.39, 0.29) is 12.1 Å². The predicted molar refractivity (Wildman–Crippen MR) is 128 cm³/mol. The van der Waals surface area contributed by atoms with Crippen LogP contribution in [0.15, 0.2) is 80.6 Å². The van der Waals surface area contributed by atoms with Crippen LogP contribution in [-0.4, -0.2) is 28.0 Å². The van der Waals surface area contributed by atoms with Crippen LogP contribution in [0.4, 0.5) is 0 Å². The zero-order valence-corrected chi connectivity index (χ0v) is 18.9. The van der Waals surface area contributed by atoms with Crippen LogP contribution >= 0.6 is 11.6 Å². The number of carbonyl (C=O) groups is 2. The molecule has 0 aliphatic rings. The second-order valence-corrected chi connectivity index (χ2v) is 8.10. The zero-order valence-electron chi connectivity index (χ0n) is 18.2. The molecule has 10 heteroatoms. The highest BCUT2D eigenvalue weighted by molar-refractivity contribution is 6.30. The van der Waals surface area contributed by atoms with E-state index >= 15 is 0 Å². The zero-order chi connectivity index (χ0) is 24.4. The number of ether oxygens (including phenoxy) is 1. The number of rotatable bonds is 7. The van der Waals surface area contributed by atoms with E-state index in [1.165, 1.54) is 6.33 Å². The number of hydrogen-bond donors (Lipinski definition) is 1. The molecule has 5 rings (SSSR count). The maximum atomic E-state index is 12.7. The summed E-state index contributed by atoms with van der Waals surface area (Å²) in [6.45, 7) is -0.788. The van der Waals surface area contributed by atoms with Crippen molar-refractivity contribution in [1.82, 2.24) is 14.9 Å². The Labute approximate surface area is 202 Å². The van der Waals surface area contributed by atoms with Gasteiger partial charge < -0.3 is 18.9 Å². The Hall–Kier alpha value is -4.37. The summed E-state index contributed by atoms with van der Waals surface area (Å²) in [7, 11) is 0. The quantitative estimate of drug-likeness (QED) is 0.343. The molecule has 9 nitrogen and oxygen atoms in total. The van der Waals surface area contributed by atoms with Gasteiger partial charge in [0.15, 0.2) is 6.61 Å². The third-order valence-corrected chi connectivity index (χ3v) is 5.52. The van der Waals surface area contributed by atoms with Crippen molar-refractivity contribution in [1.29, 1.82) is 0 Å². The minimum absolute atomic E-state index is 0.0515. The van der Waals surface area contributed by atoms with Gasteiger partial charge in [0.2, 0.25) is 5.58 Å². The minimum atomic E-state index is -0.762. The Morgan fingerprint density at radius 3 is 2.66 bits per heavy atom. The summed E-state index contributed by atoms with van der Waals surface area (Å²) in [4.78, 5) is 41.2. The van der Waals surface area contributed by atoms with Gasteiger partial charge in [-0.1, -0.05) is 23.7 Å². The van der Waals surface area contributed by atoms with E-state index < -0.39 is 30.6 Å². The van der Waals surface area contributed by atoms with Crippen molar-refractivity contribution in [2.75, 3.05) is 6.61 Å². The molecule has 0 aliphatic carbocycles. The van der Waals surface area contributed by atoms with Crippen molar-refractivity contribution in [2.45, 2.75) is 13.1 Å². The standard InChI is InChI=1S/C25H18ClN3O6/c26-16-7-5-15(6-8-16)19-10-9-17(34-19)11-27-21(30)13-33-22(31)12-29-14-28-23-18-3-1-2-4-20(18)35-24(23)25(29)32/h1-10,14H,11-13H2,(H,27,30). The van der Waals surface area contributed by atoms with Crippen molar-refractivity contribution in [3.05, 3.63) is 88.1 Å². The molecule has 3 aromatic heterocycles. The van der Waals surface area contributed by atoms with Gasteiger partial charge in [0.1, 0.15) is 29.2 Å². The summed E-state index contributed by atoms with van der Waals surface area (Å²) in [5, 5.41) is 3.95. The number of para-hydroxylation sites is 1. The highest BCUT2D eigenvalue weighted by atomic mass is 35.5. The van der Waals surface area contributed by atoms with E-state index in [2.05, 4.69) is 10.3 Å². The number of hydrogen-bond acceptors (Lipinski definition) is 7. The first-order chi connectivity index (χ1) is 17.0. The van der Waals surface area contributed by atoms with E-state index in [1.54, 1.807) is 42.5 Å². The lowest BCUT2D eigenvalue weighted by atomic mass is 10.2. The summed E-state index contributed by atoms with van der Waals surface area (Å²) >= 11 is 5.89. The number of halogens is 1. The number of amides is 1. The molecule has 0 bridgehead atoms. The fraction of sp³-hybridized carbons (Fsp3) is 0.120. The number of carbonyl (C=O) groups excluding carboxylic acids is 2. The largest absolute Gasteiger partial charge is 0.459 e. The van der Waals surface area contributed by atoms with Crippen LogP contribution in [0.2, 0.25) is 5.02 Å². The van der Waals surface area contributed by atoms with Gasteiger partial charge in [0.25, 0.3) is 11.5 Å². The van der Waals surface area contributed by atoms with Crippen LogP contribution in [0.3, 0.4) is 0 Å². The van der Waals surface area contributed by atoms with E-state index in [0.29, 0.717) is 33.0 Å². The molecule has 2 aromatic carbocycles. The number of esters is 1. The molecule has 35 heavy (non-hydrogen) atoms. The van der Waals surface area contributed by atoms with Gasteiger partial charge in [-0.05, 0) is 48.5 Å². The van der Waals surface area contributed by atoms with Crippen LogP contribution in [-0.2, 0) is 27.4 Å². The lowest BCUT2D eigenvalue weighted by Crippen LogP contribution is -2.30. The molecule has 5 aromatic rings. The maximum Gasteiger partial charge on any atom is 0.326 e. The third-order valence-electron chi connectivity index (χ3n) is 5.26. The average Bonchev–Trinajstić information content (AvgIpc) is 3.49. The predicted octanol–water partition coefficient (Wildman–Crippen LogP) is 3.92. The average molecular weight is 492 g/mol. The Morgan fingerprint density at radius 1 is 1.03 bits per heavy atom. The lowest BCUT2D eigenvalue weighted by molar-refractivity contribution is -0.149. The molecule has 1 N–H and O–H groups in total. The summed E-state index contributed by atoms with van der Waals surface area (Å²) in [5.74, 6) is -0.104. The molecule has 3 heterocycles. The molecule has 0 spiro atoms. The first kappa shape index (κ1) is 22.4. The Morgan fingerprint density at radius 2 is 1.83 bits per heavy atom. The minimum Gasteiger partial charge on any atom is -0.459 e. The maximum absolute atomic E-state index is 12.7. The highest BCUT2D eigenvalue weighted by Crippen LogP contribution is 2.25. The summed E-state index contributed by atoms with van der Waals surface area (Å²) in [6.07, 6.45) is 1.25. The molecular weight excluding hydrogens is 474 g/mol. The van der Waals surface area contributed by atoms with Crippen molar-refractivity contribution < 1.29 is 23.2 Å². The third kappa shape index (κ3) is 4.80. The van der Waals surface area contributed by atoms with Gasteiger partial charge in [0.05, 0.1) is 12.9 Å². The topological polar surface area (TPSA) is 117 Å². The summed E-state index contributed by atoms with van der Waals surface area (Å²) in [6, 6.07) is 17.8. The second-order valence-electron chi connectivity index (χ2n) is 7.66. The fourth-order valence-corrected chi connectivity index (χ4v) is 3.66. The summed E-state index contributed by atoms with van der Waals surface area (Å²) in [5.41, 5.74) is 1.34. The van der Waals surface area contributed by atoms with Gasteiger partial charge in [0, 0.05) is 16.0 Å². The van der Waals surface area contributed by atoms with Crippen molar-refractivity contribution in [3.8, 4) is 11.3 Å². The molecule has 0 saturated carbocycles. The smallest absolute Gasteiger partial charge is 0.326 e. The van der Waals surface area contributed by atoms with Gasteiger partial charge in [-0.2, -0.15) is 0 Å². The van der Waals surface area contributed by atoms with E-state index in [9.17, 15) is 14.4 Å². The van der Waals surface area contributed by atoms with Crippen molar-refractivity contribution >= 4 is 45.5 Å². The molecule has 0 atom stereocenters. The van der Waals surface area contributed by atoms with Crippen LogP contribution in [0.5, 0.6) is 0 Å². The first-order valence-corrected chi connectivity index (χ1v) is 11.0. The molecular formula is C25H18ClN3O6. The van der Waals surface area contributed by atoms with Crippen LogP contribution in [0, 0.1) is 0 Å². The van der Waals surface area contributed by atoms with Gasteiger partial charge >= 0.3 is 5.97 Å². The SMILES string of the molecule is O=C(COC(=O)Cn1cnc2c(oc3ccccc32)c1=O)NCc1ccc(-c2ccc(Cl)cc2)o1. The van der Waals surface area contributed by atoms with Crippen LogP contribution in [0.1, 0.15) is 5.76 Å². The van der Waals surface area contributed by atoms with Gasteiger partial charge in [-0.25, -0.2) is 4.98 Å². The van der Waals surface area contributed by atoms with Crippen LogP contribution in [0.25, 0.3) is 33.4 Å². The molecule has 0 aliphatic heterocycles. The molecule has 0 fully saturated rings. The van der Waals surface area contributed by atoms with Crippen molar-refractivity contribution in [3.63, 3.8) is 0 Å². The number of nitrogens with zero attached hydrogens (tertiary/aromatic N) is 2. The molecule has 0 unspecified atom stereocenters. The fourth-order valence-electron chi connectivity index (χ4n) is 3.54. The van der Waals surface area contributed by atoms with Crippen molar-refractivity contribution in [2.24, 2.45) is 0 Å². The Balaban J connectivity index is 1.14. The second kappa shape index (κ2) is 9.47. The lowest BCUT2D eigenvalue weighted by Gasteiger charge is -2.07. The number of furan rings is 2. The number of aromatic nitrogens is 2. The van der Waals surface area contributed by atoms with Crippen LogP contribution < -0.4 is 10.9 Å². The Bertz CT molecular complexity index is 1600. The number of benzene rings is 2. The van der Waals surface area contributed by atoms with E-state index in [4.69, 9.17) is 25.2 Å². The van der Waals surface area contributed by atoms with E-state index in [1.807, 2.05) is 18.2 Å². The monoisotopic (exact) mass is 491 g/mol. The number of nitrogens with one attached hydrogen (secondary N) is 1. The van der Waals surface area contributed by atoms with E-state index in [0.717, 1.165) is 10.1 Å². The molecule has 0 radical (unpaired) electrons. The van der Waals surface area contributed by atoms with Gasteiger partial charge in [-0.3, -0.25) is 19.0 Å².